The van der Waals surface area contributed by atoms with Crippen LogP contribution in [0.2, 0.25) is 0 Å². The van der Waals surface area contributed by atoms with E-state index in [9.17, 15) is 69.0 Å². The molecule has 16 fully saturated rings. The fourth-order valence-corrected chi connectivity index (χ4v) is 22.1. The number of carbonyl (C=O) groups is 8. The van der Waals surface area contributed by atoms with E-state index in [0.29, 0.717) is 95.3 Å². The maximum atomic E-state index is 12.1. The van der Waals surface area contributed by atoms with Crippen molar-refractivity contribution < 1.29 is 107 Å². The van der Waals surface area contributed by atoms with Gasteiger partial charge in [-0.1, -0.05) is 60.9 Å². The Morgan fingerprint density at radius 2 is 0.685 bits per heavy atom. The molecule has 494 valence electrons. The van der Waals surface area contributed by atoms with Crippen LogP contribution >= 0.6 is 0 Å². The molecular formula is C67H94O22. The molecule has 0 heterocycles. The standard InChI is InChI=1S/C17H24O6.2C17H24O5.C16H22O6/c1-11(2)13(19)22-4-12(18)23-17-7-14(3)5-15(20,9-17)8-16(21,6-14)10-17;1-10(2)15(19)21-9-14(18)22-17-7-12-4-13(8-17)6-16(20,5-12)11(17)3;1-4-12(18)21-5-13(19)22-17-9-14(2)6-15(3,10-17)8-16(20,7-14)11-17;1-3-11(17)21-4-12(18)22-16-7-13(2)5-14(19,9-16)8-15(20,6-13)10-16/h20-21H,1,4-10H2,2-3H3;11-13,20H,1,4-9H2,2-3H3;4,20H,1,5-11H2,2-3H3;3,19-20H,1,4-10H2,2H3. The summed E-state index contributed by atoms with van der Waals surface area (Å²) in [6.45, 7) is 25.1. The van der Waals surface area contributed by atoms with E-state index in [0.717, 1.165) is 76.4 Å². The molecule has 16 bridgehead atoms. The highest BCUT2D eigenvalue weighted by molar-refractivity contribution is 5.89. The van der Waals surface area contributed by atoms with Crippen LogP contribution in [-0.2, 0) is 76.3 Å². The van der Waals surface area contributed by atoms with E-state index < -0.39 is 130 Å². The van der Waals surface area contributed by atoms with Crippen LogP contribution in [0, 0.1) is 39.4 Å². The molecule has 9 unspecified atom stereocenters. The van der Waals surface area contributed by atoms with Gasteiger partial charge < -0.3 is 68.5 Å². The van der Waals surface area contributed by atoms with Gasteiger partial charge in [0.25, 0.3) is 0 Å². The zero-order chi connectivity index (χ0) is 65.7. The van der Waals surface area contributed by atoms with E-state index in [1.807, 2.05) is 20.8 Å². The van der Waals surface area contributed by atoms with E-state index >= 15 is 0 Å². The first-order chi connectivity index (χ1) is 40.9. The van der Waals surface area contributed by atoms with Crippen molar-refractivity contribution in [1.29, 1.82) is 0 Å². The molecule has 16 aliphatic rings. The van der Waals surface area contributed by atoms with Gasteiger partial charge in [0.15, 0.2) is 26.4 Å². The molecule has 16 aliphatic carbocycles. The lowest BCUT2D eigenvalue weighted by atomic mass is 9.42. The summed E-state index contributed by atoms with van der Waals surface area (Å²) in [4.78, 5) is 92.9. The first-order valence-corrected chi connectivity index (χ1v) is 31.3. The molecule has 16 saturated carbocycles. The van der Waals surface area contributed by atoms with Crippen molar-refractivity contribution in [2.45, 2.75) is 252 Å². The third-order valence-electron chi connectivity index (χ3n) is 21.4. The molecule has 9 atom stereocenters. The minimum absolute atomic E-state index is 0.0102. The molecular weight excluding hydrogens is 1160 g/mol. The molecule has 0 saturated heterocycles. The third kappa shape index (κ3) is 14.7. The Kier molecular flexibility index (Phi) is 17.5. The van der Waals surface area contributed by atoms with Crippen molar-refractivity contribution in [2.75, 3.05) is 26.4 Å². The minimum atomic E-state index is -0.993. The van der Waals surface area contributed by atoms with Gasteiger partial charge in [0.1, 0.15) is 22.4 Å². The van der Waals surface area contributed by atoms with Crippen LogP contribution in [0.25, 0.3) is 0 Å². The van der Waals surface area contributed by atoms with Crippen LogP contribution in [0.5, 0.6) is 0 Å². The Balaban J connectivity index is 0.000000141. The summed E-state index contributed by atoms with van der Waals surface area (Å²) < 4.78 is 41.8. The topological polar surface area (TPSA) is 332 Å². The van der Waals surface area contributed by atoms with Crippen LogP contribution in [0.15, 0.2) is 49.6 Å². The zero-order valence-electron chi connectivity index (χ0n) is 53.0. The van der Waals surface area contributed by atoms with Crippen molar-refractivity contribution >= 4 is 47.8 Å². The molecule has 6 N–H and O–H groups in total. The van der Waals surface area contributed by atoms with Gasteiger partial charge in [-0.15, -0.1) is 0 Å². The molecule has 89 heavy (non-hydrogen) atoms. The lowest BCUT2D eigenvalue weighted by Gasteiger charge is -2.67. The van der Waals surface area contributed by atoms with Gasteiger partial charge in [0.05, 0.1) is 33.6 Å². The van der Waals surface area contributed by atoms with Crippen LogP contribution < -0.4 is 0 Å². The molecule has 22 nitrogen and oxygen atoms in total. The normalized spacial score (nSPS) is 44.2. The first-order valence-electron chi connectivity index (χ1n) is 31.3. The molecule has 0 aromatic rings. The van der Waals surface area contributed by atoms with Gasteiger partial charge in [-0.25, -0.2) is 38.4 Å². The maximum absolute atomic E-state index is 12.1. The van der Waals surface area contributed by atoms with E-state index in [-0.39, 0.29) is 38.7 Å². The summed E-state index contributed by atoms with van der Waals surface area (Å²) in [7, 11) is 0. The molecule has 0 radical (unpaired) electrons. The Morgan fingerprint density at radius 1 is 0.404 bits per heavy atom. The third-order valence-corrected chi connectivity index (χ3v) is 21.4. The van der Waals surface area contributed by atoms with Gasteiger partial charge in [0.2, 0.25) is 0 Å². The Hall–Kier alpha value is -5.52. The summed E-state index contributed by atoms with van der Waals surface area (Å²) in [5, 5.41) is 64.7. The van der Waals surface area contributed by atoms with Crippen molar-refractivity contribution in [3.8, 4) is 0 Å². The number of rotatable bonds is 16. The number of esters is 8. The van der Waals surface area contributed by atoms with Crippen LogP contribution in [0.4, 0.5) is 0 Å². The van der Waals surface area contributed by atoms with Crippen molar-refractivity contribution in [1.82, 2.24) is 0 Å². The molecule has 0 aromatic heterocycles. The average molecular weight is 1250 g/mol. The second kappa shape index (κ2) is 22.9. The zero-order valence-corrected chi connectivity index (χ0v) is 53.0. The molecule has 0 amide bonds. The molecule has 22 heteroatoms. The number of ether oxygens (including phenoxy) is 8. The summed E-state index contributed by atoms with van der Waals surface area (Å²) in [5.74, 6) is -4.17. The lowest BCUT2D eigenvalue weighted by Crippen LogP contribution is -2.69. The van der Waals surface area contributed by atoms with Crippen molar-refractivity contribution in [2.24, 2.45) is 39.4 Å². The van der Waals surface area contributed by atoms with Crippen molar-refractivity contribution in [3.63, 3.8) is 0 Å². The monoisotopic (exact) mass is 1250 g/mol. The van der Waals surface area contributed by atoms with Crippen LogP contribution in [0.3, 0.4) is 0 Å². The maximum Gasteiger partial charge on any atom is 0.344 e. The molecule has 0 spiro atoms. The summed E-state index contributed by atoms with van der Waals surface area (Å²) in [6, 6.07) is 0. The quantitative estimate of drug-likeness (QED) is 0.0570. The predicted octanol–water partition coefficient (Wildman–Crippen LogP) is 6.19. The highest BCUT2D eigenvalue weighted by atomic mass is 16.6. The highest BCUT2D eigenvalue weighted by Gasteiger charge is 2.71. The fraction of sp³-hybridized carbons (Fsp3) is 0.761. The van der Waals surface area contributed by atoms with Gasteiger partial charge >= 0.3 is 47.8 Å². The van der Waals surface area contributed by atoms with E-state index in [4.69, 9.17) is 33.2 Å². The molecule has 0 aliphatic heterocycles. The molecule has 0 aromatic carbocycles. The minimum Gasteiger partial charge on any atom is -0.456 e. The average Bonchev–Trinajstić information content (AvgIpc) is 0.755. The summed E-state index contributed by atoms with van der Waals surface area (Å²) in [5.41, 5.74) is -8.37. The lowest BCUT2D eigenvalue weighted by molar-refractivity contribution is -0.284. The fourth-order valence-electron chi connectivity index (χ4n) is 22.1. The predicted molar refractivity (Wildman–Crippen MR) is 314 cm³/mol. The number of hydrogen-bond acceptors (Lipinski definition) is 22. The van der Waals surface area contributed by atoms with Gasteiger partial charge in [-0.05, 0) is 150 Å². The van der Waals surface area contributed by atoms with Gasteiger partial charge in [-0.2, -0.15) is 0 Å². The van der Waals surface area contributed by atoms with E-state index in [2.05, 4.69) is 44.9 Å². The second-order valence-corrected chi connectivity index (χ2v) is 32.0. The van der Waals surface area contributed by atoms with Crippen molar-refractivity contribution in [3.05, 3.63) is 49.6 Å². The van der Waals surface area contributed by atoms with Crippen LogP contribution in [0.1, 0.15) is 196 Å². The second-order valence-electron chi connectivity index (χ2n) is 32.0. The Bertz CT molecular complexity index is 2680. The number of hydrogen-bond donors (Lipinski definition) is 6. The SMILES string of the molecule is C=C(C)C(=O)OCC(=O)OC12CC3(C)CC(O)(CC(O)(C3)C1)C2.C=C(C)C(=O)OCC(=O)OC12CC3CC(CC(O)(C3)C1C)C2.C=CC(=O)OCC(=O)OC12CC3(C)CC(C)(CC(O)(C3)C1)C2.C=CC(=O)OCC(=O)OC12CC3(C)CC(O)(CC(O)(C3)C1)C2. The van der Waals surface area contributed by atoms with E-state index in [1.54, 1.807) is 0 Å². The first kappa shape index (κ1) is 67.9. The Labute approximate surface area is 520 Å². The van der Waals surface area contributed by atoms with Gasteiger partial charge in [0, 0.05) is 74.2 Å². The Morgan fingerprint density at radius 3 is 0.978 bits per heavy atom. The summed E-state index contributed by atoms with van der Waals surface area (Å²) >= 11 is 0. The van der Waals surface area contributed by atoms with E-state index in [1.165, 1.54) is 13.8 Å². The number of carbonyl (C=O) groups excluding carboxylic acids is 8. The van der Waals surface area contributed by atoms with Crippen LogP contribution in [-0.4, -0.2) is 161 Å². The molecule has 16 rings (SSSR count). The largest absolute Gasteiger partial charge is 0.456 e. The highest BCUT2D eigenvalue weighted by Crippen LogP contribution is 2.70. The van der Waals surface area contributed by atoms with Gasteiger partial charge in [-0.3, -0.25) is 0 Å². The summed E-state index contributed by atoms with van der Waals surface area (Å²) in [6.07, 6.45) is 16.7. The number of aliphatic hydroxyl groups is 6. The smallest absolute Gasteiger partial charge is 0.344 e.